The molecule has 8 nitrogen and oxygen atoms in total. The molecule has 1 N–H and O–H groups in total. The quantitative estimate of drug-likeness (QED) is 0.644. The van der Waals surface area contributed by atoms with Gasteiger partial charge in [-0.2, -0.15) is 0 Å². The molecule has 1 aromatic rings. The Kier molecular flexibility index (Phi) is 7.61. The molecule has 9 heteroatoms. The number of sulfone groups is 1. The van der Waals surface area contributed by atoms with E-state index >= 15 is 0 Å². The molecule has 27 heavy (non-hydrogen) atoms. The predicted molar refractivity (Wildman–Crippen MR) is 99.3 cm³/mol. The highest BCUT2D eigenvalue weighted by Gasteiger charge is 2.23. The zero-order chi connectivity index (χ0) is 19.9. The van der Waals surface area contributed by atoms with Crippen molar-refractivity contribution in [2.45, 2.75) is 30.7 Å². The van der Waals surface area contributed by atoms with Gasteiger partial charge in [0.15, 0.2) is 9.84 Å². The maximum absolute atomic E-state index is 12.2. The van der Waals surface area contributed by atoms with Crippen LogP contribution in [-0.2, 0) is 24.2 Å². The van der Waals surface area contributed by atoms with Crippen molar-refractivity contribution in [3.63, 3.8) is 0 Å². The number of hydrogen-bond donors (Lipinski definition) is 1. The van der Waals surface area contributed by atoms with Crippen LogP contribution in [0.25, 0.3) is 0 Å². The summed E-state index contributed by atoms with van der Waals surface area (Å²) in [6, 6.07) is 5.56. The monoisotopic (exact) mass is 398 g/mol. The van der Waals surface area contributed by atoms with E-state index in [2.05, 4.69) is 5.32 Å². The summed E-state index contributed by atoms with van der Waals surface area (Å²) in [4.78, 5) is 26.1. The number of carbonyl (C=O) groups excluding carboxylic acids is 2. The van der Waals surface area contributed by atoms with Crippen LogP contribution in [0.15, 0.2) is 29.2 Å². The molecule has 2 amide bonds. The van der Waals surface area contributed by atoms with Gasteiger partial charge >= 0.3 is 0 Å². The van der Waals surface area contributed by atoms with Crippen LogP contribution in [-0.4, -0.2) is 70.3 Å². The Hall–Kier alpha value is -2.13. The Labute approximate surface area is 159 Å². The number of nitrogens with zero attached hydrogens (tertiary/aromatic N) is 1. The third-order valence-corrected chi connectivity index (χ3v) is 5.27. The minimum absolute atomic E-state index is 0.103. The van der Waals surface area contributed by atoms with Gasteiger partial charge in [-0.3, -0.25) is 9.59 Å². The lowest BCUT2D eigenvalue weighted by Gasteiger charge is -2.29. The fraction of sp³-hybridized carbons (Fsp3) is 0.556. The number of rotatable bonds is 8. The van der Waals surface area contributed by atoms with Crippen molar-refractivity contribution < 1.29 is 27.5 Å². The Bertz CT molecular complexity index is 742. The molecule has 0 spiro atoms. The first-order valence-corrected chi connectivity index (χ1v) is 10.8. The zero-order valence-electron chi connectivity index (χ0n) is 15.6. The van der Waals surface area contributed by atoms with E-state index in [0.717, 1.165) is 6.26 Å². The van der Waals surface area contributed by atoms with Crippen molar-refractivity contribution in [3.8, 4) is 5.75 Å². The van der Waals surface area contributed by atoms with Crippen molar-refractivity contribution in [1.82, 2.24) is 10.2 Å². The summed E-state index contributed by atoms with van der Waals surface area (Å²) in [6.07, 6.45) is 1.87. The first kappa shape index (κ1) is 21.2. The van der Waals surface area contributed by atoms with Crippen LogP contribution in [0, 0.1) is 0 Å². The van der Waals surface area contributed by atoms with Crippen molar-refractivity contribution >= 4 is 21.7 Å². The van der Waals surface area contributed by atoms with Gasteiger partial charge in [-0.1, -0.05) is 0 Å². The van der Waals surface area contributed by atoms with E-state index in [9.17, 15) is 18.0 Å². The largest absolute Gasteiger partial charge is 0.494 e. The number of ether oxygens (including phenoxy) is 2. The molecule has 2 rings (SSSR count). The van der Waals surface area contributed by atoms with Gasteiger partial charge in [0.2, 0.25) is 11.8 Å². The lowest BCUT2D eigenvalue weighted by Crippen LogP contribution is -2.50. The summed E-state index contributed by atoms with van der Waals surface area (Å²) < 4.78 is 33.5. The molecule has 0 radical (unpaired) electrons. The lowest BCUT2D eigenvalue weighted by molar-refractivity contribution is -0.139. The molecule has 1 unspecified atom stereocenters. The molecular formula is C18H26N2O6S. The average molecular weight is 398 g/mol. The number of amides is 2. The second-order valence-electron chi connectivity index (χ2n) is 6.42. The van der Waals surface area contributed by atoms with Gasteiger partial charge in [0.25, 0.3) is 0 Å². The van der Waals surface area contributed by atoms with Gasteiger partial charge in [-0.05, 0) is 37.6 Å². The Morgan fingerprint density at radius 3 is 2.44 bits per heavy atom. The van der Waals surface area contributed by atoms with Crippen molar-refractivity contribution in [2.24, 2.45) is 0 Å². The smallest absolute Gasteiger partial charge is 0.245 e. The van der Waals surface area contributed by atoms with Gasteiger partial charge in [-0.15, -0.1) is 0 Å². The number of morpholine rings is 1. The summed E-state index contributed by atoms with van der Waals surface area (Å²) in [5.74, 6) is 0.229. The van der Waals surface area contributed by atoms with Crippen molar-refractivity contribution in [2.75, 3.05) is 39.2 Å². The van der Waals surface area contributed by atoms with Crippen molar-refractivity contribution in [3.05, 3.63) is 24.3 Å². The van der Waals surface area contributed by atoms with Crippen LogP contribution in [0.5, 0.6) is 5.75 Å². The number of benzene rings is 1. The molecule has 0 aliphatic carbocycles. The van der Waals surface area contributed by atoms with Crippen LogP contribution >= 0.6 is 0 Å². The molecule has 1 aliphatic rings. The van der Waals surface area contributed by atoms with E-state index in [0.29, 0.717) is 45.1 Å². The summed E-state index contributed by atoms with van der Waals surface area (Å²) in [7, 11) is -3.23. The minimum atomic E-state index is -3.23. The van der Waals surface area contributed by atoms with E-state index < -0.39 is 15.9 Å². The maximum atomic E-state index is 12.2. The van der Waals surface area contributed by atoms with Gasteiger partial charge < -0.3 is 19.7 Å². The lowest BCUT2D eigenvalue weighted by atomic mass is 10.2. The Morgan fingerprint density at radius 2 is 1.85 bits per heavy atom. The fourth-order valence-corrected chi connectivity index (χ4v) is 3.27. The molecule has 1 fully saturated rings. The van der Waals surface area contributed by atoms with E-state index in [-0.39, 0.29) is 23.1 Å². The molecule has 1 aliphatic heterocycles. The predicted octanol–water partition coefficient (Wildman–Crippen LogP) is 0.613. The third kappa shape index (κ3) is 6.84. The molecule has 1 saturated heterocycles. The number of nitrogens with one attached hydrogen (secondary N) is 1. The summed E-state index contributed by atoms with van der Waals surface area (Å²) in [5, 5.41) is 2.71. The molecular weight excluding hydrogens is 372 g/mol. The van der Waals surface area contributed by atoms with Crippen LogP contribution in [0.4, 0.5) is 0 Å². The molecule has 0 aromatic heterocycles. The van der Waals surface area contributed by atoms with E-state index in [1.165, 1.54) is 12.1 Å². The Balaban J connectivity index is 1.67. The highest BCUT2D eigenvalue weighted by molar-refractivity contribution is 7.90. The number of carbonyl (C=O) groups is 2. The summed E-state index contributed by atoms with van der Waals surface area (Å²) in [5.41, 5.74) is 0. The zero-order valence-corrected chi connectivity index (χ0v) is 16.5. The second-order valence-corrected chi connectivity index (χ2v) is 8.44. The van der Waals surface area contributed by atoms with Crippen LogP contribution in [0.2, 0.25) is 0 Å². The van der Waals surface area contributed by atoms with Crippen LogP contribution in [0.3, 0.4) is 0 Å². The molecule has 0 saturated carbocycles. The molecule has 1 atom stereocenters. The molecule has 150 valence electrons. The van der Waals surface area contributed by atoms with E-state index in [1.54, 1.807) is 24.0 Å². The van der Waals surface area contributed by atoms with E-state index in [4.69, 9.17) is 9.47 Å². The minimum Gasteiger partial charge on any atom is -0.494 e. The Morgan fingerprint density at radius 1 is 1.22 bits per heavy atom. The number of hydrogen-bond acceptors (Lipinski definition) is 6. The molecule has 1 aromatic carbocycles. The van der Waals surface area contributed by atoms with Gasteiger partial charge in [0, 0.05) is 25.8 Å². The van der Waals surface area contributed by atoms with Crippen LogP contribution in [0.1, 0.15) is 19.8 Å². The maximum Gasteiger partial charge on any atom is 0.245 e. The second kappa shape index (κ2) is 9.70. The van der Waals surface area contributed by atoms with Crippen LogP contribution < -0.4 is 10.1 Å². The fourth-order valence-electron chi connectivity index (χ4n) is 2.64. The van der Waals surface area contributed by atoms with Crippen molar-refractivity contribution in [1.29, 1.82) is 0 Å². The topological polar surface area (TPSA) is 102 Å². The van der Waals surface area contributed by atoms with Gasteiger partial charge in [-0.25, -0.2) is 8.42 Å². The average Bonchev–Trinajstić information content (AvgIpc) is 2.65. The molecule has 1 heterocycles. The summed E-state index contributed by atoms with van der Waals surface area (Å²) in [6.45, 7) is 4.13. The SMILES string of the molecule is CC(NC(=O)CCCOc1ccc(S(C)(=O)=O)cc1)C(=O)N1CCOCC1. The normalized spacial score (nSPS) is 15.9. The highest BCUT2D eigenvalue weighted by Crippen LogP contribution is 2.16. The first-order valence-electron chi connectivity index (χ1n) is 8.86. The third-order valence-electron chi connectivity index (χ3n) is 4.14. The summed E-state index contributed by atoms with van der Waals surface area (Å²) >= 11 is 0. The highest BCUT2D eigenvalue weighted by atomic mass is 32.2. The molecule has 0 bridgehead atoms. The van der Waals surface area contributed by atoms with Gasteiger partial charge in [0.05, 0.1) is 24.7 Å². The standard InChI is InChI=1S/C18H26N2O6S/c1-14(18(22)20-9-12-25-13-10-20)19-17(21)4-3-11-26-15-5-7-16(8-6-15)27(2,23)24/h5-8,14H,3-4,9-13H2,1-2H3,(H,19,21). The van der Waals surface area contributed by atoms with Gasteiger partial charge in [0.1, 0.15) is 11.8 Å². The van der Waals surface area contributed by atoms with E-state index in [1.807, 2.05) is 0 Å². The first-order chi connectivity index (χ1) is 12.8.